The quantitative estimate of drug-likeness (QED) is 0.933. The van der Waals surface area contributed by atoms with Gasteiger partial charge in [0.25, 0.3) is 0 Å². The molecule has 1 aromatic carbocycles. The van der Waals surface area contributed by atoms with Gasteiger partial charge in [0.1, 0.15) is 6.61 Å². The van der Waals surface area contributed by atoms with Crippen LogP contribution in [0.25, 0.3) is 5.69 Å². The van der Waals surface area contributed by atoms with Crippen molar-refractivity contribution in [1.29, 1.82) is 0 Å². The number of benzene rings is 1. The van der Waals surface area contributed by atoms with Gasteiger partial charge >= 0.3 is 0 Å². The van der Waals surface area contributed by atoms with E-state index >= 15 is 0 Å². The molecule has 0 atom stereocenters. The first-order valence-electron chi connectivity index (χ1n) is 4.84. The molecule has 16 heavy (non-hydrogen) atoms. The maximum atomic E-state index is 8.62. The number of nitrogens with zero attached hydrogens (tertiary/aromatic N) is 2. The summed E-state index contributed by atoms with van der Waals surface area (Å²) in [4.78, 5) is 0. The molecule has 2 rings (SSSR count). The summed E-state index contributed by atoms with van der Waals surface area (Å²) in [6.45, 7) is 0.287. The summed E-state index contributed by atoms with van der Waals surface area (Å²) < 4.78 is 7.99. The molecule has 0 aliphatic carbocycles. The Labute approximate surface area is 102 Å². The van der Waals surface area contributed by atoms with Crippen molar-refractivity contribution in [3.63, 3.8) is 0 Å². The number of rotatable bonds is 4. The van der Waals surface area contributed by atoms with Gasteiger partial charge in [-0.25, -0.2) is 4.68 Å². The number of halogens is 1. The van der Waals surface area contributed by atoms with Crippen LogP contribution in [0.2, 0.25) is 0 Å². The van der Waals surface area contributed by atoms with Gasteiger partial charge in [-0.2, -0.15) is 5.10 Å². The van der Waals surface area contributed by atoms with E-state index in [-0.39, 0.29) is 13.2 Å². The molecular formula is C11H11BrN2O2. The summed E-state index contributed by atoms with van der Waals surface area (Å²) in [5.74, 6) is 0.650. The summed E-state index contributed by atoms with van der Waals surface area (Å²) in [6.07, 6.45) is 3.40. The molecule has 0 unspecified atom stereocenters. The number of hydrogen-bond acceptors (Lipinski definition) is 3. The summed E-state index contributed by atoms with van der Waals surface area (Å²) >= 11 is 3.38. The van der Waals surface area contributed by atoms with E-state index in [0.29, 0.717) is 5.75 Å². The Morgan fingerprint density at radius 2 is 2.06 bits per heavy atom. The van der Waals surface area contributed by atoms with Gasteiger partial charge < -0.3 is 9.84 Å². The highest BCUT2D eigenvalue weighted by Crippen LogP contribution is 2.16. The van der Waals surface area contributed by atoms with Gasteiger partial charge in [0.05, 0.1) is 24.7 Å². The molecule has 5 heteroatoms. The predicted octanol–water partition coefficient (Wildman–Crippen LogP) is 2.01. The third-order valence-electron chi connectivity index (χ3n) is 2.01. The lowest BCUT2D eigenvalue weighted by Crippen LogP contribution is -2.00. The molecule has 1 aromatic heterocycles. The average molecular weight is 283 g/mol. The van der Waals surface area contributed by atoms with Gasteiger partial charge in [-0.1, -0.05) is 15.9 Å². The number of aromatic nitrogens is 2. The standard InChI is InChI=1S/C11H11BrN2O2/c12-9-1-3-10(4-2-9)14-8-11(7-13-14)16-6-5-15/h1-4,7-8,15H,5-6H2. The molecule has 4 nitrogen and oxygen atoms in total. The highest BCUT2D eigenvalue weighted by molar-refractivity contribution is 9.10. The third kappa shape index (κ3) is 2.62. The second kappa shape index (κ2) is 5.14. The zero-order valence-corrected chi connectivity index (χ0v) is 10.1. The molecule has 0 amide bonds. The van der Waals surface area contributed by atoms with E-state index in [2.05, 4.69) is 21.0 Å². The first-order chi connectivity index (χ1) is 7.79. The minimum absolute atomic E-state index is 0.00344. The van der Waals surface area contributed by atoms with Crippen LogP contribution in [0.1, 0.15) is 0 Å². The van der Waals surface area contributed by atoms with Crippen molar-refractivity contribution < 1.29 is 9.84 Å². The second-order valence-corrected chi connectivity index (χ2v) is 4.08. The SMILES string of the molecule is OCCOc1cnn(-c2ccc(Br)cc2)c1. The minimum Gasteiger partial charge on any atom is -0.488 e. The van der Waals surface area contributed by atoms with Crippen LogP contribution in [-0.2, 0) is 0 Å². The Morgan fingerprint density at radius 1 is 1.31 bits per heavy atom. The van der Waals surface area contributed by atoms with Gasteiger partial charge in [-0.3, -0.25) is 0 Å². The predicted molar refractivity (Wildman–Crippen MR) is 63.8 cm³/mol. The second-order valence-electron chi connectivity index (χ2n) is 3.17. The molecule has 0 radical (unpaired) electrons. The van der Waals surface area contributed by atoms with Crippen LogP contribution in [0.3, 0.4) is 0 Å². The normalized spacial score (nSPS) is 10.4. The Morgan fingerprint density at radius 3 is 2.75 bits per heavy atom. The van der Waals surface area contributed by atoms with Crippen molar-refractivity contribution in [3.05, 3.63) is 41.1 Å². The van der Waals surface area contributed by atoms with E-state index in [0.717, 1.165) is 10.2 Å². The van der Waals surface area contributed by atoms with Crippen LogP contribution in [0.15, 0.2) is 41.1 Å². The van der Waals surface area contributed by atoms with Gasteiger partial charge in [0, 0.05) is 4.47 Å². The molecule has 0 aliphatic heterocycles. The van der Waals surface area contributed by atoms with Crippen LogP contribution in [0.5, 0.6) is 5.75 Å². The highest BCUT2D eigenvalue weighted by Gasteiger charge is 2.01. The van der Waals surface area contributed by atoms with Gasteiger partial charge in [-0.05, 0) is 24.3 Å². The zero-order valence-electron chi connectivity index (χ0n) is 8.51. The first kappa shape index (κ1) is 11.2. The molecule has 1 N–H and O–H groups in total. The summed E-state index contributed by atoms with van der Waals surface area (Å²) in [7, 11) is 0. The first-order valence-corrected chi connectivity index (χ1v) is 5.63. The number of aliphatic hydroxyl groups excluding tert-OH is 1. The van der Waals surface area contributed by atoms with E-state index in [1.807, 2.05) is 24.3 Å². The van der Waals surface area contributed by atoms with Crippen LogP contribution >= 0.6 is 15.9 Å². The molecule has 1 heterocycles. The van der Waals surface area contributed by atoms with E-state index in [1.165, 1.54) is 0 Å². The van der Waals surface area contributed by atoms with E-state index in [9.17, 15) is 0 Å². The number of aliphatic hydroxyl groups is 1. The lowest BCUT2D eigenvalue weighted by Gasteiger charge is -2.01. The molecule has 0 fully saturated rings. The molecular weight excluding hydrogens is 272 g/mol. The van der Waals surface area contributed by atoms with Crippen molar-refractivity contribution in [1.82, 2.24) is 9.78 Å². The maximum absolute atomic E-state index is 8.62. The molecule has 0 aliphatic rings. The topological polar surface area (TPSA) is 47.3 Å². The lowest BCUT2D eigenvalue weighted by atomic mass is 10.3. The van der Waals surface area contributed by atoms with Crippen LogP contribution in [-0.4, -0.2) is 28.1 Å². The Balaban J connectivity index is 2.15. The van der Waals surface area contributed by atoms with Crippen molar-refractivity contribution in [2.45, 2.75) is 0 Å². The van der Waals surface area contributed by atoms with Crippen LogP contribution < -0.4 is 4.74 Å². The minimum atomic E-state index is 0.00344. The fraction of sp³-hybridized carbons (Fsp3) is 0.182. The smallest absolute Gasteiger partial charge is 0.157 e. The molecule has 0 bridgehead atoms. The molecule has 0 saturated carbocycles. The molecule has 0 spiro atoms. The Hall–Kier alpha value is -1.33. The summed E-state index contributed by atoms with van der Waals surface area (Å²) in [6, 6.07) is 7.80. The summed E-state index contributed by atoms with van der Waals surface area (Å²) in [5.41, 5.74) is 0.960. The monoisotopic (exact) mass is 282 g/mol. The Bertz CT molecular complexity index is 453. The third-order valence-corrected chi connectivity index (χ3v) is 2.54. The van der Waals surface area contributed by atoms with Gasteiger partial charge in [0.2, 0.25) is 0 Å². The van der Waals surface area contributed by atoms with Crippen LogP contribution in [0, 0.1) is 0 Å². The maximum Gasteiger partial charge on any atom is 0.157 e. The fourth-order valence-electron chi connectivity index (χ4n) is 1.28. The highest BCUT2D eigenvalue weighted by atomic mass is 79.9. The molecule has 2 aromatic rings. The average Bonchev–Trinajstić information content (AvgIpc) is 2.76. The van der Waals surface area contributed by atoms with Crippen molar-refractivity contribution in [2.75, 3.05) is 13.2 Å². The fourth-order valence-corrected chi connectivity index (χ4v) is 1.54. The van der Waals surface area contributed by atoms with E-state index < -0.39 is 0 Å². The van der Waals surface area contributed by atoms with Crippen molar-refractivity contribution in [3.8, 4) is 11.4 Å². The number of ether oxygens (including phenoxy) is 1. The molecule has 84 valence electrons. The van der Waals surface area contributed by atoms with Crippen molar-refractivity contribution >= 4 is 15.9 Å². The molecule has 0 saturated heterocycles. The lowest BCUT2D eigenvalue weighted by molar-refractivity contribution is 0.201. The van der Waals surface area contributed by atoms with E-state index in [4.69, 9.17) is 9.84 Å². The number of hydrogen-bond donors (Lipinski definition) is 1. The Kier molecular flexibility index (Phi) is 3.58. The van der Waals surface area contributed by atoms with Gasteiger partial charge in [0.15, 0.2) is 5.75 Å². The summed E-state index contributed by atoms with van der Waals surface area (Å²) in [5, 5.41) is 12.8. The van der Waals surface area contributed by atoms with Crippen LogP contribution in [0.4, 0.5) is 0 Å². The van der Waals surface area contributed by atoms with Crippen molar-refractivity contribution in [2.24, 2.45) is 0 Å². The van der Waals surface area contributed by atoms with Gasteiger partial charge in [-0.15, -0.1) is 0 Å². The largest absolute Gasteiger partial charge is 0.488 e. The zero-order chi connectivity index (χ0) is 11.4. The van der Waals surface area contributed by atoms with E-state index in [1.54, 1.807) is 17.1 Å².